The van der Waals surface area contributed by atoms with E-state index >= 15 is 0 Å². The molecule has 2 aromatic carbocycles. The third-order valence-corrected chi connectivity index (χ3v) is 5.91. The Balaban J connectivity index is 1.82. The predicted molar refractivity (Wildman–Crippen MR) is 117 cm³/mol. The van der Waals surface area contributed by atoms with Gasteiger partial charge in [0.1, 0.15) is 12.0 Å². The number of fused-ring (bicyclic) bond motifs is 3. The van der Waals surface area contributed by atoms with Crippen molar-refractivity contribution in [1.82, 2.24) is 14.5 Å². The Morgan fingerprint density at radius 3 is 2.69 bits per heavy atom. The van der Waals surface area contributed by atoms with Gasteiger partial charge in [0.05, 0.1) is 28.8 Å². The van der Waals surface area contributed by atoms with Crippen molar-refractivity contribution in [3.05, 3.63) is 87.2 Å². The number of oxazole rings is 1. The van der Waals surface area contributed by atoms with Crippen LogP contribution in [0.5, 0.6) is 0 Å². The molecule has 0 saturated carbocycles. The highest BCUT2D eigenvalue weighted by molar-refractivity contribution is 9.10. The number of rotatable bonds is 2. The van der Waals surface area contributed by atoms with Crippen molar-refractivity contribution < 1.29 is 4.42 Å². The van der Waals surface area contributed by atoms with Crippen LogP contribution in [0.4, 0.5) is 0 Å². The Labute approximate surface area is 181 Å². The maximum absolute atomic E-state index is 6.55. The molecule has 1 atom stereocenters. The minimum absolute atomic E-state index is 0.172. The molecule has 144 valence electrons. The normalized spacial score (nSPS) is 15.4. The number of hydrogen-bond acceptors (Lipinski definition) is 4. The number of halogens is 2. The fourth-order valence-electron chi connectivity index (χ4n) is 3.75. The molecule has 3 heterocycles. The van der Waals surface area contributed by atoms with Crippen LogP contribution >= 0.6 is 27.5 Å². The first-order chi connectivity index (χ1) is 14.0. The van der Waals surface area contributed by atoms with Crippen molar-refractivity contribution in [2.45, 2.75) is 19.9 Å². The van der Waals surface area contributed by atoms with Crippen molar-refractivity contribution in [3.63, 3.8) is 0 Å². The molecule has 0 radical (unpaired) electrons. The van der Waals surface area contributed by atoms with Gasteiger partial charge >= 0.3 is 0 Å². The van der Waals surface area contributed by atoms with Gasteiger partial charge in [-0.3, -0.25) is 9.56 Å². The summed E-state index contributed by atoms with van der Waals surface area (Å²) >= 11 is 10.1. The molecule has 7 heteroatoms. The largest absolute Gasteiger partial charge is 0.441 e. The van der Waals surface area contributed by atoms with Gasteiger partial charge in [0, 0.05) is 20.6 Å². The van der Waals surface area contributed by atoms with E-state index in [0.29, 0.717) is 10.8 Å². The summed E-state index contributed by atoms with van der Waals surface area (Å²) in [5.41, 5.74) is 6.23. The van der Waals surface area contributed by atoms with Gasteiger partial charge < -0.3 is 4.42 Å². The number of aromatic nitrogens is 3. The van der Waals surface area contributed by atoms with Gasteiger partial charge in [0.15, 0.2) is 12.2 Å². The summed E-state index contributed by atoms with van der Waals surface area (Å²) in [5.74, 6) is 0.667. The first kappa shape index (κ1) is 18.3. The minimum Gasteiger partial charge on any atom is -0.441 e. The minimum atomic E-state index is -0.172. The highest BCUT2D eigenvalue weighted by Gasteiger charge is 2.29. The molecule has 0 spiro atoms. The molecule has 5 nitrogen and oxygen atoms in total. The van der Waals surface area contributed by atoms with Crippen LogP contribution in [0.3, 0.4) is 0 Å². The van der Waals surface area contributed by atoms with Crippen LogP contribution in [-0.4, -0.2) is 20.2 Å². The number of aryl methyl sites for hydroxylation is 1. The van der Waals surface area contributed by atoms with E-state index in [1.165, 1.54) is 6.39 Å². The van der Waals surface area contributed by atoms with Gasteiger partial charge in [-0.25, -0.2) is 9.97 Å². The highest BCUT2D eigenvalue weighted by atomic mass is 79.9. The fraction of sp³-hybridized carbons (Fsp3) is 0.136. The summed E-state index contributed by atoms with van der Waals surface area (Å²) in [6, 6.07) is 13.8. The van der Waals surface area contributed by atoms with Crippen LogP contribution in [0.2, 0.25) is 5.02 Å². The molecule has 29 heavy (non-hydrogen) atoms. The Hall–Kier alpha value is -2.70. The lowest BCUT2D eigenvalue weighted by molar-refractivity contribution is 0.567. The lowest BCUT2D eigenvalue weighted by Gasteiger charge is -2.13. The molecule has 0 amide bonds. The summed E-state index contributed by atoms with van der Waals surface area (Å²) in [7, 11) is 0. The first-order valence-electron chi connectivity index (χ1n) is 9.15. The maximum Gasteiger partial charge on any atom is 0.181 e. The van der Waals surface area contributed by atoms with Gasteiger partial charge in [-0.2, -0.15) is 0 Å². The third kappa shape index (κ3) is 2.94. The lowest BCUT2D eigenvalue weighted by Crippen LogP contribution is -2.07. The molecule has 4 aromatic rings. The van der Waals surface area contributed by atoms with Crippen LogP contribution in [0, 0.1) is 6.92 Å². The average molecular weight is 468 g/mol. The van der Waals surface area contributed by atoms with Crippen molar-refractivity contribution in [3.8, 4) is 17.1 Å². The second-order valence-electron chi connectivity index (χ2n) is 6.91. The molecule has 2 aromatic heterocycles. The van der Waals surface area contributed by atoms with Crippen LogP contribution < -0.4 is 0 Å². The monoisotopic (exact) mass is 466 g/mol. The fourth-order valence-corrected chi connectivity index (χ4v) is 4.34. The quantitative estimate of drug-likeness (QED) is 0.354. The zero-order chi connectivity index (χ0) is 20.1. The summed E-state index contributed by atoms with van der Waals surface area (Å²) in [5, 5.41) is 0.667. The van der Waals surface area contributed by atoms with Gasteiger partial charge in [-0.05, 0) is 38.1 Å². The van der Waals surface area contributed by atoms with Crippen LogP contribution in [-0.2, 0) is 0 Å². The third-order valence-electron chi connectivity index (χ3n) is 5.09. The standard InChI is InChI=1S/C22H16BrClN4O/c1-12-21-20(22-13(2)26-11-29-22)25-10-28(21)18-8-7-14(23)9-16(18)19(27-12)15-5-3-4-6-17(15)24/h3-12H,1-2H3/t12-/m0/s1. The van der Waals surface area contributed by atoms with E-state index in [9.17, 15) is 0 Å². The second-order valence-corrected chi connectivity index (χ2v) is 8.23. The van der Waals surface area contributed by atoms with E-state index in [-0.39, 0.29) is 6.04 Å². The molecule has 1 aliphatic heterocycles. The number of nitrogens with zero attached hydrogens (tertiary/aromatic N) is 4. The number of imidazole rings is 1. The van der Waals surface area contributed by atoms with Crippen LogP contribution in [0.15, 0.2) is 69.1 Å². The molecule has 0 unspecified atom stereocenters. The van der Waals surface area contributed by atoms with Crippen molar-refractivity contribution >= 4 is 33.2 Å². The summed E-state index contributed by atoms with van der Waals surface area (Å²) in [6.45, 7) is 3.97. The van der Waals surface area contributed by atoms with Gasteiger partial charge in [-0.1, -0.05) is 45.7 Å². The maximum atomic E-state index is 6.55. The first-order valence-corrected chi connectivity index (χ1v) is 10.3. The molecular formula is C22H16BrClN4O. The molecular weight excluding hydrogens is 452 g/mol. The van der Waals surface area contributed by atoms with E-state index < -0.39 is 0 Å². The van der Waals surface area contributed by atoms with Gasteiger partial charge in [0.2, 0.25) is 0 Å². The Morgan fingerprint density at radius 1 is 1.10 bits per heavy atom. The van der Waals surface area contributed by atoms with Crippen molar-refractivity contribution in [2.75, 3.05) is 0 Å². The van der Waals surface area contributed by atoms with E-state index in [4.69, 9.17) is 21.0 Å². The average Bonchev–Trinajstić information content (AvgIpc) is 3.30. The Kier molecular flexibility index (Phi) is 4.41. The van der Waals surface area contributed by atoms with Crippen LogP contribution in [0.25, 0.3) is 17.1 Å². The molecule has 0 fully saturated rings. The summed E-state index contributed by atoms with van der Waals surface area (Å²) < 4.78 is 8.69. The lowest BCUT2D eigenvalue weighted by atomic mass is 10.0. The van der Waals surface area contributed by atoms with E-state index in [1.54, 1.807) is 0 Å². The number of hydrogen-bond donors (Lipinski definition) is 0. The number of benzene rings is 2. The summed E-state index contributed by atoms with van der Waals surface area (Å²) in [6.07, 6.45) is 3.27. The zero-order valence-electron chi connectivity index (χ0n) is 15.7. The molecule has 0 N–H and O–H groups in total. The summed E-state index contributed by atoms with van der Waals surface area (Å²) in [4.78, 5) is 14.0. The number of aliphatic imine (C=N–C) groups is 1. The Bertz CT molecular complexity index is 1270. The van der Waals surface area contributed by atoms with E-state index in [1.807, 2.05) is 43.6 Å². The van der Waals surface area contributed by atoms with E-state index in [2.05, 4.69) is 49.5 Å². The molecule has 0 saturated heterocycles. The SMILES string of the molecule is Cc1ncoc1-c1ncn2c1[C@H](C)N=C(c1ccccc1Cl)c1cc(Br)ccc1-2. The molecule has 0 bridgehead atoms. The molecule has 1 aliphatic rings. The smallest absolute Gasteiger partial charge is 0.181 e. The van der Waals surface area contributed by atoms with Gasteiger partial charge in [-0.15, -0.1) is 0 Å². The second kappa shape index (κ2) is 6.97. The topological polar surface area (TPSA) is 56.2 Å². The van der Waals surface area contributed by atoms with Crippen molar-refractivity contribution in [1.29, 1.82) is 0 Å². The van der Waals surface area contributed by atoms with E-state index in [0.717, 1.165) is 44.1 Å². The predicted octanol–water partition coefficient (Wildman–Crippen LogP) is 6.16. The van der Waals surface area contributed by atoms with Crippen molar-refractivity contribution in [2.24, 2.45) is 4.99 Å². The van der Waals surface area contributed by atoms with Crippen LogP contribution in [0.1, 0.15) is 35.5 Å². The Morgan fingerprint density at radius 2 is 1.93 bits per heavy atom. The highest BCUT2D eigenvalue weighted by Crippen LogP contribution is 2.38. The molecule has 5 rings (SSSR count). The zero-order valence-corrected chi connectivity index (χ0v) is 18.1. The van der Waals surface area contributed by atoms with Gasteiger partial charge in [0.25, 0.3) is 0 Å². The molecule has 0 aliphatic carbocycles.